The van der Waals surface area contributed by atoms with E-state index in [1.807, 2.05) is 19.1 Å². The largest absolute Gasteiger partial charge is 0.483 e. The zero-order chi connectivity index (χ0) is 16.8. The van der Waals surface area contributed by atoms with Crippen LogP contribution in [-0.4, -0.2) is 12.5 Å². The first-order chi connectivity index (χ1) is 11.0. The summed E-state index contributed by atoms with van der Waals surface area (Å²) in [5, 5.41) is 2.66. The fourth-order valence-corrected chi connectivity index (χ4v) is 2.16. The number of hydrogen-bond acceptors (Lipinski definition) is 2. The number of aryl methyl sites for hydroxylation is 1. The molecule has 0 bridgehead atoms. The average molecular weight is 315 g/mol. The van der Waals surface area contributed by atoms with Gasteiger partial charge in [0, 0.05) is 12.1 Å². The van der Waals surface area contributed by atoms with Gasteiger partial charge >= 0.3 is 0 Å². The fourth-order valence-electron chi connectivity index (χ4n) is 2.16. The average Bonchev–Trinajstić information content (AvgIpc) is 2.53. The monoisotopic (exact) mass is 315 g/mol. The van der Waals surface area contributed by atoms with Crippen LogP contribution in [0.25, 0.3) is 0 Å². The third-order valence-corrected chi connectivity index (χ3v) is 3.67. The zero-order valence-electron chi connectivity index (χ0n) is 13.7. The molecule has 0 unspecified atom stereocenters. The van der Waals surface area contributed by atoms with E-state index in [0.717, 1.165) is 11.1 Å². The summed E-state index contributed by atoms with van der Waals surface area (Å²) in [6, 6.07) is 12.4. The molecule has 0 aromatic heterocycles. The summed E-state index contributed by atoms with van der Waals surface area (Å²) < 4.78 is 19.1. The Kier molecular flexibility index (Phi) is 5.74. The first kappa shape index (κ1) is 17.0. The predicted octanol–water partition coefficient (Wildman–Crippen LogP) is 3.95. The second kappa shape index (κ2) is 7.77. The highest BCUT2D eigenvalue weighted by Gasteiger charge is 2.08. The van der Waals surface area contributed by atoms with Gasteiger partial charge in [-0.15, -0.1) is 0 Å². The van der Waals surface area contributed by atoms with E-state index in [2.05, 4.69) is 25.2 Å². The SMILES string of the molecule is Cc1ccc(C(C)C)cc1OCC(=O)NCc1ccccc1F. The van der Waals surface area contributed by atoms with Crippen molar-refractivity contribution in [2.24, 2.45) is 0 Å². The number of hydrogen-bond donors (Lipinski definition) is 1. The Morgan fingerprint density at radius 3 is 2.65 bits per heavy atom. The Bertz CT molecular complexity index is 683. The van der Waals surface area contributed by atoms with Crippen molar-refractivity contribution in [3.63, 3.8) is 0 Å². The second-order valence-electron chi connectivity index (χ2n) is 5.84. The van der Waals surface area contributed by atoms with Crippen LogP contribution in [0.3, 0.4) is 0 Å². The fraction of sp³-hybridized carbons (Fsp3) is 0.316. The molecule has 1 amide bonds. The van der Waals surface area contributed by atoms with Gasteiger partial charge in [-0.1, -0.05) is 44.2 Å². The van der Waals surface area contributed by atoms with Gasteiger partial charge in [-0.05, 0) is 36.1 Å². The second-order valence-corrected chi connectivity index (χ2v) is 5.84. The number of amides is 1. The number of halogens is 1. The van der Waals surface area contributed by atoms with Crippen LogP contribution in [0.5, 0.6) is 5.75 Å². The van der Waals surface area contributed by atoms with Crippen LogP contribution in [0.2, 0.25) is 0 Å². The van der Waals surface area contributed by atoms with Crippen molar-refractivity contribution in [3.8, 4) is 5.75 Å². The van der Waals surface area contributed by atoms with E-state index >= 15 is 0 Å². The highest BCUT2D eigenvalue weighted by Crippen LogP contribution is 2.24. The summed E-state index contributed by atoms with van der Waals surface area (Å²) in [5.41, 5.74) is 2.60. The minimum absolute atomic E-state index is 0.0865. The van der Waals surface area contributed by atoms with Gasteiger partial charge < -0.3 is 10.1 Å². The van der Waals surface area contributed by atoms with E-state index in [-0.39, 0.29) is 24.9 Å². The molecule has 0 fully saturated rings. The Morgan fingerprint density at radius 2 is 1.96 bits per heavy atom. The molecule has 3 nitrogen and oxygen atoms in total. The van der Waals surface area contributed by atoms with Crippen molar-refractivity contribution in [2.75, 3.05) is 6.61 Å². The molecule has 1 N–H and O–H groups in total. The number of rotatable bonds is 6. The lowest BCUT2D eigenvalue weighted by Gasteiger charge is -2.13. The van der Waals surface area contributed by atoms with E-state index in [0.29, 0.717) is 17.2 Å². The summed E-state index contributed by atoms with van der Waals surface area (Å²) in [7, 11) is 0. The van der Waals surface area contributed by atoms with Crippen molar-refractivity contribution in [1.29, 1.82) is 0 Å². The maximum Gasteiger partial charge on any atom is 0.258 e. The number of nitrogens with one attached hydrogen (secondary N) is 1. The molecule has 0 saturated heterocycles. The molecule has 0 radical (unpaired) electrons. The van der Waals surface area contributed by atoms with Gasteiger partial charge in [-0.2, -0.15) is 0 Å². The Morgan fingerprint density at radius 1 is 1.22 bits per heavy atom. The minimum atomic E-state index is -0.325. The lowest BCUT2D eigenvalue weighted by molar-refractivity contribution is -0.123. The van der Waals surface area contributed by atoms with Crippen LogP contribution in [-0.2, 0) is 11.3 Å². The van der Waals surface area contributed by atoms with Crippen molar-refractivity contribution in [2.45, 2.75) is 33.2 Å². The number of ether oxygens (including phenoxy) is 1. The topological polar surface area (TPSA) is 38.3 Å². The highest BCUT2D eigenvalue weighted by atomic mass is 19.1. The van der Waals surface area contributed by atoms with E-state index in [1.165, 1.54) is 6.07 Å². The lowest BCUT2D eigenvalue weighted by atomic mass is 10.0. The Hall–Kier alpha value is -2.36. The summed E-state index contributed by atoms with van der Waals surface area (Å²) in [6.07, 6.45) is 0. The van der Waals surface area contributed by atoms with E-state index in [4.69, 9.17) is 4.74 Å². The van der Waals surface area contributed by atoms with Gasteiger partial charge in [-0.25, -0.2) is 4.39 Å². The number of benzene rings is 2. The smallest absolute Gasteiger partial charge is 0.258 e. The summed E-state index contributed by atoms with van der Waals surface area (Å²) in [6.45, 7) is 6.22. The van der Waals surface area contributed by atoms with E-state index in [9.17, 15) is 9.18 Å². The molecule has 0 spiro atoms. The normalized spacial score (nSPS) is 10.7. The molecular formula is C19H22FNO2. The van der Waals surface area contributed by atoms with Gasteiger partial charge in [0.25, 0.3) is 5.91 Å². The van der Waals surface area contributed by atoms with Crippen molar-refractivity contribution in [3.05, 3.63) is 65.0 Å². The Balaban J connectivity index is 1.89. The molecule has 0 aliphatic carbocycles. The van der Waals surface area contributed by atoms with Crippen LogP contribution in [0.4, 0.5) is 4.39 Å². The third kappa shape index (κ3) is 4.81. The van der Waals surface area contributed by atoms with Crippen molar-refractivity contribution in [1.82, 2.24) is 5.32 Å². The molecule has 0 atom stereocenters. The molecule has 2 aromatic rings. The first-order valence-corrected chi connectivity index (χ1v) is 7.71. The highest BCUT2D eigenvalue weighted by molar-refractivity contribution is 5.77. The molecule has 0 aliphatic rings. The number of carbonyl (C=O) groups excluding carboxylic acids is 1. The lowest BCUT2D eigenvalue weighted by Crippen LogP contribution is -2.28. The minimum Gasteiger partial charge on any atom is -0.483 e. The molecule has 0 aliphatic heterocycles. The van der Waals surface area contributed by atoms with Crippen LogP contribution < -0.4 is 10.1 Å². The number of carbonyl (C=O) groups is 1. The molecular weight excluding hydrogens is 293 g/mol. The van der Waals surface area contributed by atoms with Gasteiger partial charge in [0.1, 0.15) is 11.6 Å². The van der Waals surface area contributed by atoms with Gasteiger partial charge in [-0.3, -0.25) is 4.79 Å². The van der Waals surface area contributed by atoms with Crippen LogP contribution >= 0.6 is 0 Å². The van der Waals surface area contributed by atoms with Crippen LogP contribution in [0, 0.1) is 12.7 Å². The first-order valence-electron chi connectivity index (χ1n) is 7.71. The predicted molar refractivity (Wildman–Crippen MR) is 89.0 cm³/mol. The third-order valence-electron chi connectivity index (χ3n) is 3.67. The van der Waals surface area contributed by atoms with Crippen molar-refractivity contribution < 1.29 is 13.9 Å². The van der Waals surface area contributed by atoms with Crippen LogP contribution in [0.1, 0.15) is 36.5 Å². The summed E-state index contributed by atoms with van der Waals surface area (Å²) in [4.78, 5) is 11.9. The molecule has 2 rings (SSSR count). The van der Waals surface area contributed by atoms with E-state index in [1.54, 1.807) is 18.2 Å². The maximum atomic E-state index is 13.5. The van der Waals surface area contributed by atoms with Crippen molar-refractivity contribution >= 4 is 5.91 Å². The Labute approximate surface area is 136 Å². The summed E-state index contributed by atoms with van der Waals surface area (Å²) in [5.74, 6) is 0.502. The van der Waals surface area contributed by atoms with Gasteiger partial charge in [0.2, 0.25) is 0 Å². The van der Waals surface area contributed by atoms with Gasteiger partial charge in [0.15, 0.2) is 6.61 Å². The molecule has 122 valence electrons. The molecule has 0 heterocycles. The zero-order valence-corrected chi connectivity index (χ0v) is 13.7. The summed E-state index contributed by atoms with van der Waals surface area (Å²) >= 11 is 0. The molecule has 23 heavy (non-hydrogen) atoms. The molecule has 0 saturated carbocycles. The van der Waals surface area contributed by atoms with Gasteiger partial charge in [0.05, 0.1) is 0 Å². The standard InChI is InChI=1S/C19H22FNO2/c1-13(2)15-9-8-14(3)18(10-15)23-12-19(22)21-11-16-6-4-5-7-17(16)20/h4-10,13H,11-12H2,1-3H3,(H,21,22). The van der Waals surface area contributed by atoms with Crippen LogP contribution in [0.15, 0.2) is 42.5 Å². The maximum absolute atomic E-state index is 13.5. The van der Waals surface area contributed by atoms with E-state index < -0.39 is 0 Å². The molecule has 4 heteroatoms. The molecule has 2 aromatic carbocycles. The quantitative estimate of drug-likeness (QED) is 0.876.